The third kappa shape index (κ3) is 3.66. The summed E-state index contributed by atoms with van der Waals surface area (Å²) in [6.07, 6.45) is 5.00. The van der Waals surface area contributed by atoms with Crippen LogP contribution in [-0.2, 0) is 12.8 Å². The zero-order chi connectivity index (χ0) is 19.6. The zero-order valence-corrected chi connectivity index (χ0v) is 16.1. The number of fused-ring (bicyclic) bond motifs is 2. The second-order valence-corrected chi connectivity index (χ2v) is 7.38. The standard InChI is InChI=1S/C23H21N3O3/c1-15(10-17-13-24-12-16-6-2-3-7-19(16)17)23-25-22(26-29-23)11-18-14-27-20-8-4-5-9-21(20)28-18/h2-9,12-13,15,18H,10-11,14H2,1H3. The quantitative estimate of drug-likeness (QED) is 0.507. The van der Waals surface area contributed by atoms with E-state index in [-0.39, 0.29) is 12.0 Å². The van der Waals surface area contributed by atoms with Crippen molar-refractivity contribution in [2.45, 2.75) is 31.8 Å². The van der Waals surface area contributed by atoms with Gasteiger partial charge in [0.15, 0.2) is 17.3 Å². The molecule has 0 spiro atoms. The fraction of sp³-hybridized carbons (Fsp3) is 0.261. The minimum atomic E-state index is -0.132. The van der Waals surface area contributed by atoms with Gasteiger partial charge in [0.1, 0.15) is 12.7 Å². The first-order valence-corrected chi connectivity index (χ1v) is 9.79. The average Bonchev–Trinajstić information content (AvgIpc) is 3.22. The van der Waals surface area contributed by atoms with Crippen LogP contribution in [0.1, 0.15) is 30.1 Å². The van der Waals surface area contributed by atoms with Crippen molar-refractivity contribution >= 4 is 10.8 Å². The molecule has 3 heterocycles. The van der Waals surface area contributed by atoms with E-state index in [2.05, 4.69) is 34.2 Å². The van der Waals surface area contributed by atoms with Crippen molar-refractivity contribution in [3.8, 4) is 11.5 Å². The molecule has 5 rings (SSSR count). The molecule has 0 aliphatic carbocycles. The molecule has 146 valence electrons. The SMILES string of the molecule is CC(Cc1cncc2ccccc12)c1nc(CC2COc3ccccc3O2)no1. The number of ether oxygens (including phenoxy) is 2. The molecule has 6 heteroatoms. The summed E-state index contributed by atoms with van der Waals surface area (Å²) in [6, 6.07) is 15.9. The first-order chi connectivity index (χ1) is 14.3. The van der Waals surface area contributed by atoms with Crippen LogP contribution in [0.3, 0.4) is 0 Å². The van der Waals surface area contributed by atoms with Gasteiger partial charge in [-0.15, -0.1) is 0 Å². The molecular weight excluding hydrogens is 366 g/mol. The third-order valence-electron chi connectivity index (χ3n) is 5.16. The molecule has 0 saturated heterocycles. The predicted molar refractivity (Wildman–Crippen MR) is 108 cm³/mol. The van der Waals surface area contributed by atoms with Gasteiger partial charge in [-0.1, -0.05) is 48.5 Å². The third-order valence-corrected chi connectivity index (χ3v) is 5.16. The number of para-hydroxylation sites is 2. The first kappa shape index (κ1) is 17.7. The van der Waals surface area contributed by atoms with Gasteiger partial charge in [-0.05, 0) is 29.5 Å². The molecule has 1 aliphatic rings. The maximum atomic E-state index is 5.99. The van der Waals surface area contributed by atoms with E-state index in [1.54, 1.807) is 0 Å². The lowest BCUT2D eigenvalue weighted by Gasteiger charge is -2.25. The highest BCUT2D eigenvalue weighted by molar-refractivity contribution is 5.84. The number of hydrogen-bond donors (Lipinski definition) is 0. The average molecular weight is 387 g/mol. The van der Waals surface area contributed by atoms with Gasteiger partial charge in [0.25, 0.3) is 0 Å². The summed E-state index contributed by atoms with van der Waals surface area (Å²) in [6.45, 7) is 2.56. The normalized spacial score (nSPS) is 16.7. The molecule has 2 aromatic carbocycles. The Labute approximate surface area is 168 Å². The summed E-state index contributed by atoms with van der Waals surface area (Å²) in [4.78, 5) is 8.97. The molecule has 0 amide bonds. The Kier molecular flexibility index (Phi) is 4.60. The highest BCUT2D eigenvalue weighted by Crippen LogP contribution is 2.31. The maximum absolute atomic E-state index is 5.99. The van der Waals surface area contributed by atoms with Crippen molar-refractivity contribution in [1.82, 2.24) is 15.1 Å². The largest absolute Gasteiger partial charge is 0.486 e. The summed E-state index contributed by atoms with van der Waals surface area (Å²) in [7, 11) is 0. The Morgan fingerprint density at radius 2 is 1.86 bits per heavy atom. The number of pyridine rings is 1. The van der Waals surface area contributed by atoms with Gasteiger partial charge in [-0.2, -0.15) is 4.98 Å². The van der Waals surface area contributed by atoms with E-state index in [0.717, 1.165) is 23.3 Å². The van der Waals surface area contributed by atoms with Crippen LogP contribution in [-0.4, -0.2) is 27.8 Å². The lowest BCUT2D eigenvalue weighted by atomic mass is 9.98. The van der Waals surface area contributed by atoms with Gasteiger partial charge in [0.05, 0.1) is 6.42 Å². The van der Waals surface area contributed by atoms with E-state index in [4.69, 9.17) is 14.0 Å². The minimum Gasteiger partial charge on any atom is -0.486 e. The minimum absolute atomic E-state index is 0.0908. The zero-order valence-electron chi connectivity index (χ0n) is 16.1. The van der Waals surface area contributed by atoms with Crippen LogP contribution in [0.2, 0.25) is 0 Å². The highest BCUT2D eigenvalue weighted by Gasteiger charge is 2.24. The molecular formula is C23H21N3O3. The molecule has 0 radical (unpaired) electrons. The number of aromatic nitrogens is 3. The number of nitrogens with zero attached hydrogens (tertiary/aromatic N) is 3. The van der Waals surface area contributed by atoms with Crippen LogP contribution >= 0.6 is 0 Å². The fourth-order valence-electron chi connectivity index (χ4n) is 3.68. The second kappa shape index (κ2) is 7.54. The van der Waals surface area contributed by atoms with Gasteiger partial charge in [-0.3, -0.25) is 4.98 Å². The van der Waals surface area contributed by atoms with Gasteiger partial charge in [-0.25, -0.2) is 0 Å². The number of benzene rings is 2. The number of hydrogen-bond acceptors (Lipinski definition) is 6. The van der Waals surface area contributed by atoms with E-state index in [0.29, 0.717) is 24.7 Å². The molecule has 0 bridgehead atoms. The Morgan fingerprint density at radius 1 is 1.03 bits per heavy atom. The Hall–Kier alpha value is -3.41. The van der Waals surface area contributed by atoms with Crippen LogP contribution in [0.25, 0.3) is 10.8 Å². The predicted octanol–water partition coefficient (Wildman–Crippen LogP) is 4.35. The molecule has 2 aromatic heterocycles. The lowest BCUT2D eigenvalue weighted by molar-refractivity contribution is 0.0894. The van der Waals surface area contributed by atoms with Crippen molar-refractivity contribution in [1.29, 1.82) is 0 Å². The van der Waals surface area contributed by atoms with Crippen molar-refractivity contribution < 1.29 is 14.0 Å². The second-order valence-electron chi connectivity index (χ2n) is 7.38. The van der Waals surface area contributed by atoms with Crippen molar-refractivity contribution in [3.63, 3.8) is 0 Å². The van der Waals surface area contributed by atoms with E-state index in [9.17, 15) is 0 Å². The fourth-order valence-corrected chi connectivity index (χ4v) is 3.68. The van der Waals surface area contributed by atoms with Crippen LogP contribution < -0.4 is 9.47 Å². The summed E-state index contributed by atoms with van der Waals surface area (Å²) < 4.78 is 17.3. The molecule has 2 unspecified atom stereocenters. The van der Waals surface area contributed by atoms with Crippen molar-refractivity contribution in [2.24, 2.45) is 0 Å². The van der Waals surface area contributed by atoms with E-state index in [1.807, 2.05) is 48.8 Å². The summed E-state index contributed by atoms with van der Waals surface area (Å²) in [5.74, 6) is 2.88. The summed E-state index contributed by atoms with van der Waals surface area (Å²) in [5, 5.41) is 6.50. The van der Waals surface area contributed by atoms with Gasteiger partial charge < -0.3 is 14.0 Å². The molecule has 6 nitrogen and oxygen atoms in total. The Balaban J connectivity index is 1.27. The van der Waals surface area contributed by atoms with E-state index in [1.165, 1.54) is 10.9 Å². The molecule has 2 atom stereocenters. The van der Waals surface area contributed by atoms with E-state index >= 15 is 0 Å². The van der Waals surface area contributed by atoms with Crippen LogP contribution in [0.5, 0.6) is 11.5 Å². The maximum Gasteiger partial charge on any atom is 0.229 e. The Morgan fingerprint density at radius 3 is 2.79 bits per heavy atom. The van der Waals surface area contributed by atoms with Crippen molar-refractivity contribution in [3.05, 3.63) is 78.2 Å². The smallest absolute Gasteiger partial charge is 0.229 e. The monoisotopic (exact) mass is 387 g/mol. The van der Waals surface area contributed by atoms with Crippen LogP contribution in [0, 0.1) is 0 Å². The van der Waals surface area contributed by atoms with Crippen LogP contribution in [0.15, 0.2) is 65.4 Å². The molecule has 29 heavy (non-hydrogen) atoms. The first-order valence-electron chi connectivity index (χ1n) is 9.79. The Bertz CT molecular complexity index is 1140. The topological polar surface area (TPSA) is 70.3 Å². The van der Waals surface area contributed by atoms with Crippen molar-refractivity contribution in [2.75, 3.05) is 6.61 Å². The molecule has 0 saturated carbocycles. The highest BCUT2D eigenvalue weighted by atomic mass is 16.6. The molecule has 4 aromatic rings. The van der Waals surface area contributed by atoms with E-state index < -0.39 is 0 Å². The summed E-state index contributed by atoms with van der Waals surface area (Å²) >= 11 is 0. The number of rotatable bonds is 5. The van der Waals surface area contributed by atoms with Gasteiger partial charge in [0, 0.05) is 23.7 Å². The molecule has 0 fully saturated rings. The van der Waals surface area contributed by atoms with Gasteiger partial charge >= 0.3 is 0 Å². The van der Waals surface area contributed by atoms with Gasteiger partial charge in [0.2, 0.25) is 5.89 Å². The summed E-state index contributed by atoms with van der Waals surface area (Å²) in [5.41, 5.74) is 1.18. The molecule has 0 N–H and O–H groups in total. The van der Waals surface area contributed by atoms with Crippen LogP contribution in [0.4, 0.5) is 0 Å². The lowest BCUT2D eigenvalue weighted by Crippen LogP contribution is -2.31. The molecule has 1 aliphatic heterocycles.